The summed E-state index contributed by atoms with van der Waals surface area (Å²) in [6, 6.07) is 11.3. The lowest BCUT2D eigenvalue weighted by Gasteiger charge is -2.08. The van der Waals surface area contributed by atoms with Gasteiger partial charge < -0.3 is 4.74 Å². The summed E-state index contributed by atoms with van der Waals surface area (Å²) in [4.78, 5) is 5.37. The Bertz CT molecular complexity index is 726. The molecule has 96 valence electrons. The van der Waals surface area contributed by atoms with E-state index in [0.29, 0.717) is 11.6 Å². The highest BCUT2D eigenvalue weighted by Crippen LogP contribution is 2.28. The number of halogens is 2. The number of aromatic nitrogens is 1. The van der Waals surface area contributed by atoms with E-state index in [4.69, 9.17) is 27.9 Å². The minimum atomic E-state index is 0.499. The van der Waals surface area contributed by atoms with Gasteiger partial charge in [-0.05, 0) is 36.4 Å². The van der Waals surface area contributed by atoms with Crippen molar-refractivity contribution in [2.24, 2.45) is 0 Å². The van der Waals surface area contributed by atoms with Gasteiger partial charge in [0.2, 0.25) is 0 Å². The first-order valence-corrected chi connectivity index (χ1v) is 7.21. The molecule has 0 unspecified atom stereocenters. The van der Waals surface area contributed by atoms with E-state index < -0.39 is 0 Å². The van der Waals surface area contributed by atoms with Gasteiger partial charge in [-0.25, -0.2) is 0 Å². The van der Waals surface area contributed by atoms with E-state index in [1.54, 1.807) is 6.20 Å². The lowest BCUT2D eigenvalue weighted by Crippen LogP contribution is -1.94. The molecule has 0 amide bonds. The zero-order valence-electron chi connectivity index (χ0n) is 9.77. The number of benzene rings is 1. The summed E-state index contributed by atoms with van der Waals surface area (Å²) in [6.07, 6.45) is 1.72. The van der Waals surface area contributed by atoms with Gasteiger partial charge in [-0.1, -0.05) is 23.2 Å². The first-order chi connectivity index (χ1) is 9.22. The number of ether oxygens (including phenoxy) is 1. The van der Waals surface area contributed by atoms with E-state index >= 15 is 0 Å². The van der Waals surface area contributed by atoms with Gasteiger partial charge in [0.1, 0.15) is 12.4 Å². The number of hydrogen-bond acceptors (Lipinski definition) is 3. The fraction of sp³-hybridized carbons (Fsp3) is 0.0714. The van der Waals surface area contributed by atoms with E-state index in [9.17, 15) is 0 Å². The SMILES string of the molecule is Clc1ccc2c(OCc3ccc(Cl)s3)ccnc2c1. The van der Waals surface area contributed by atoms with Crippen molar-refractivity contribution in [2.45, 2.75) is 6.61 Å². The lowest BCUT2D eigenvalue weighted by atomic mass is 10.2. The Labute approximate surface area is 124 Å². The van der Waals surface area contributed by atoms with Crippen LogP contribution in [-0.4, -0.2) is 4.98 Å². The van der Waals surface area contributed by atoms with Gasteiger partial charge in [-0.2, -0.15) is 0 Å². The number of thiophene rings is 1. The molecule has 0 aliphatic carbocycles. The van der Waals surface area contributed by atoms with Gasteiger partial charge >= 0.3 is 0 Å². The first-order valence-electron chi connectivity index (χ1n) is 5.64. The van der Waals surface area contributed by atoms with Crippen LogP contribution in [0.3, 0.4) is 0 Å². The van der Waals surface area contributed by atoms with Crippen molar-refractivity contribution in [3.05, 3.63) is 56.8 Å². The van der Waals surface area contributed by atoms with Crippen molar-refractivity contribution in [1.29, 1.82) is 0 Å². The van der Waals surface area contributed by atoms with Crippen LogP contribution in [0.15, 0.2) is 42.6 Å². The third-order valence-corrected chi connectivity index (χ3v) is 4.10. The summed E-state index contributed by atoms with van der Waals surface area (Å²) in [7, 11) is 0. The van der Waals surface area contributed by atoms with Gasteiger partial charge in [0.05, 0.1) is 9.85 Å². The summed E-state index contributed by atoms with van der Waals surface area (Å²) in [6.45, 7) is 0.499. The second-order valence-corrected chi connectivity index (χ2v) is 6.20. The quantitative estimate of drug-likeness (QED) is 0.665. The number of nitrogens with zero attached hydrogens (tertiary/aromatic N) is 1. The molecule has 0 spiro atoms. The highest BCUT2D eigenvalue weighted by Gasteiger charge is 2.05. The predicted molar refractivity (Wildman–Crippen MR) is 80.4 cm³/mol. The standard InChI is InChI=1S/C14H9Cl2NOS/c15-9-1-3-11-12(7-9)17-6-5-13(11)18-8-10-2-4-14(16)19-10/h1-7H,8H2. The van der Waals surface area contributed by atoms with Gasteiger partial charge in [0.25, 0.3) is 0 Å². The van der Waals surface area contributed by atoms with E-state index in [1.165, 1.54) is 11.3 Å². The van der Waals surface area contributed by atoms with Crippen molar-refractivity contribution >= 4 is 45.4 Å². The molecule has 0 radical (unpaired) electrons. The van der Waals surface area contributed by atoms with Crippen LogP contribution in [-0.2, 0) is 6.61 Å². The molecule has 2 aromatic heterocycles. The smallest absolute Gasteiger partial charge is 0.130 e. The van der Waals surface area contributed by atoms with E-state index in [-0.39, 0.29) is 0 Å². The molecule has 1 aromatic carbocycles. The maximum absolute atomic E-state index is 5.95. The number of hydrogen-bond donors (Lipinski definition) is 0. The lowest BCUT2D eigenvalue weighted by molar-refractivity contribution is 0.313. The molecule has 0 bridgehead atoms. The third-order valence-electron chi connectivity index (χ3n) is 2.66. The molecule has 3 rings (SSSR count). The average Bonchev–Trinajstić information content (AvgIpc) is 2.81. The van der Waals surface area contributed by atoms with Crippen molar-refractivity contribution in [3.8, 4) is 5.75 Å². The van der Waals surface area contributed by atoms with Crippen molar-refractivity contribution in [1.82, 2.24) is 4.98 Å². The molecular formula is C14H9Cl2NOS. The van der Waals surface area contributed by atoms with Crippen LogP contribution < -0.4 is 4.74 Å². The molecule has 0 fully saturated rings. The Morgan fingerprint density at radius 3 is 2.79 bits per heavy atom. The van der Waals surface area contributed by atoms with Crippen LogP contribution >= 0.6 is 34.5 Å². The number of fused-ring (bicyclic) bond motifs is 1. The van der Waals surface area contributed by atoms with E-state index in [0.717, 1.165) is 25.9 Å². The minimum Gasteiger partial charge on any atom is -0.487 e. The molecular weight excluding hydrogens is 301 g/mol. The third kappa shape index (κ3) is 2.84. The summed E-state index contributed by atoms with van der Waals surface area (Å²) < 4.78 is 6.60. The van der Waals surface area contributed by atoms with E-state index in [2.05, 4.69) is 4.98 Å². The molecule has 0 aliphatic heterocycles. The van der Waals surface area contributed by atoms with Crippen molar-refractivity contribution in [2.75, 3.05) is 0 Å². The monoisotopic (exact) mass is 309 g/mol. The molecule has 2 nitrogen and oxygen atoms in total. The fourth-order valence-corrected chi connectivity index (χ4v) is 2.97. The highest BCUT2D eigenvalue weighted by atomic mass is 35.5. The molecule has 5 heteroatoms. The Morgan fingerprint density at radius 2 is 2.00 bits per heavy atom. The maximum Gasteiger partial charge on any atom is 0.130 e. The first kappa shape index (κ1) is 12.7. The predicted octanol–water partition coefficient (Wildman–Crippen LogP) is 5.18. The van der Waals surface area contributed by atoms with Crippen molar-refractivity contribution in [3.63, 3.8) is 0 Å². The average molecular weight is 310 g/mol. The minimum absolute atomic E-state index is 0.499. The van der Waals surface area contributed by atoms with Crippen LogP contribution in [0.25, 0.3) is 10.9 Å². The number of pyridine rings is 1. The topological polar surface area (TPSA) is 22.1 Å². The second-order valence-electron chi connectivity index (χ2n) is 3.97. The van der Waals surface area contributed by atoms with Crippen LogP contribution in [0, 0.1) is 0 Å². The molecule has 19 heavy (non-hydrogen) atoms. The van der Waals surface area contributed by atoms with Gasteiger partial charge in [0.15, 0.2) is 0 Å². The molecule has 0 saturated carbocycles. The maximum atomic E-state index is 5.95. The van der Waals surface area contributed by atoms with Crippen molar-refractivity contribution < 1.29 is 4.74 Å². The van der Waals surface area contributed by atoms with Crippen LogP contribution in [0.2, 0.25) is 9.36 Å². The molecule has 0 atom stereocenters. The van der Waals surface area contributed by atoms with Crippen LogP contribution in [0.5, 0.6) is 5.75 Å². The molecule has 0 N–H and O–H groups in total. The summed E-state index contributed by atoms with van der Waals surface area (Å²) in [5, 5.41) is 1.62. The van der Waals surface area contributed by atoms with Gasteiger partial charge in [-0.15, -0.1) is 11.3 Å². The van der Waals surface area contributed by atoms with Crippen LogP contribution in [0.4, 0.5) is 0 Å². The Hall–Kier alpha value is -1.29. The zero-order valence-corrected chi connectivity index (χ0v) is 12.1. The normalized spacial score (nSPS) is 10.8. The molecule has 0 aliphatic rings. The Kier molecular flexibility index (Phi) is 3.60. The molecule has 2 heterocycles. The summed E-state index contributed by atoms with van der Waals surface area (Å²) >= 11 is 13.4. The summed E-state index contributed by atoms with van der Waals surface area (Å²) in [5.41, 5.74) is 0.828. The van der Waals surface area contributed by atoms with Gasteiger partial charge in [0, 0.05) is 21.5 Å². The Morgan fingerprint density at radius 1 is 1.11 bits per heavy atom. The zero-order chi connectivity index (χ0) is 13.2. The number of rotatable bonds is 3. The highest BCUT2D eigenvalue weighted by molar-refractivity contribution is 7.16. The largest absolute Gasteiger partial charge is 0.487 e. The molecule has 3 aromatic rings. The van der Waals surface area contributed by atoms with Gasteiger partial charge in [-0.3, -0.25) is 4.98 Å². The Balaban J connectivity index is 1.88. The van der Waals surface area contributed by atoms with E-state index in [1.807, 2.05) is 36.4 Å². The molecule has 0 saturated heterocycles. The fourth-order valence-electron chi connectivity index (χ4n) is 1.80. The summed E-state index contributed by atoms with van der Waals surface area (Å²) in [5.74, 6) is 0.797. The van der Waals surface area contributed by atoms with Crippen LogP contribution in [0.1, 0.15) is 4.88 Å². The second kappa shape index (κ2) is 5.37.